The van der Waals surface area contributed by atoms with Gasteiger partial charge in [-0.3, -0.25) is 14.9 Å². The molecule has 176 valence electrons. The zero-order chi connectivity index (χ0) is 24.7. The van der Waals surface area contributed by atoms with E-state index in [4.69, 9.17) is 17.0 Å². The van der Waals surface area contributed by atoms with Crippen molar-refractivity contribution in [3.63, 3.8) is 0 Å². The molecule has 0 aromatic heterocycles. The number of hydrogen-bond acceptors (Lipinski definition) is 5. The number of nitro benzene ring substituents is 1. The third-order valence-corrected chi connectivity index (χ3v) is 5.34. The van der Waals surface area contributed by atoms with Gasteiger partial charge in [0.05, 0.1) is 17.6 Å². The Kier molecular flexibility index (Phi) is 8.15. The summed E-state index contributed by atoms with van der Waals surface area (Å²) in [4.78, 5) is 24.4. The van der Waals surface area contributed by atoms with Gasteiger partial charge in [-0.1, -0.05) is 48.5 Å². The summed E-state index contributed by atoms with van der Waals surface area (Å²) in [6.07, 6.45) is 0. The molecule has 3 aromatic rings. The van der Waals surface area contributed by atoms with Crippen LogP contribution in [-0.4, -0.2) is 22.5 Å². The Morgan fingerprint density at radius 3 is 2.32 bits per heavy atom. The summed E-state index contributed by atoms with van der Waals surface area (Å²) < 4.78 is 5.35. The number of nitrogens with zero attached hydrogens (tertiary/aromatic N) is 1. The van der Waals surface area contributed by atoms with E-state index in [9.17, 15) is 14.9 Å². The molecular weight excluding hydrogens is 452 g/mol. The van der Waals surface area contributed by atoms with Crippen LogP contribution in [0.2, 0.25) is 0 Å². The molecule has 34 heavy (non-hydrogen) atoms. The fourth-order valence-corrected chi connectivity index (χ4v) is 3.69. The average Bonchev–Trinajstić information content (AvgIpc) is 2.81. The first kappa shape index (κ1) is 24.7. The van der Waals surface area contributed by atoms with Crippen LogP contribution in [0.1, 0.15) is 29.7 Å². The Hall–Kier alpha value is -3.98. The minimum atomic E-state index is -0.832. The van der Waals surface area contributed by atoms with E-state index in [1.807, 2.05) is 62.4 Å². The third kappa shape index (κ3) is 6.08. The smallest absolute Gasteiger partial charge is 0.296 e. The highest BCUT2D eigenvalue weighted by molar-refractivity contribution is 7.80. The molecule has 0 aliphatic carbocycles. The van der Waals surface area contributed by atoms with E-state index in [0.29, 0.717) is 17.9 Å². The van der Waals surface area contributed by atoms with Gasteiger partial charge in [0.15, 0.2) is 5.11 Å². The van der Waals surface area contributed by atoms with Gasteiger partial charge in [0.25, 0.3) is 11.6 Å². The van der Waals surface area contributed by atoms with Crippen molar-refractivity contribution in [1.82, 2.24) is 5.32 Å². The van der Waals surface area contributed by atoms with Crippen LogP contribution in [0.15, 0.2) is 66.7 Å². The van der Waals surface area contributed by atoms with E-state index < -0.39 is 11.0 Å². The number of aryl methyl sites for hydroxylation is 2. The number of thiocarbonyl (C=S) groups is 1. The fraction of sp³-hybridized carbons (Fsp3) is 0.200. The molecule has 1 amide bonds. The van der Waals surface area contributed by atoms with Crippen LogP contribution in [0.3, 0.4) is 0 Å². The van der Waals surface area contributed by atoms with Gasteiger partial charge < -0.3 is 20.7 Å². The topological polar surface area (TPSA) is 106 Å². The molecule has 3 rings (SSSR count). The van der Waals surface area contributed by atoms with Crippen molar-refractivity contribution in [2.45, 2.75) is 26.8 Å². The maximum Gasteiger partial charge on any atom is 0.296 e. The molecule has 0 heterocycles. The number of carbonyl (C=O) groups is 1. The Bertz CT molecular complexity index is 1180. The molecule has 0 fully saturated rings. The molecule has 3 N–H and O–H groups in total. The predicted molar refractivity (Wildman–Crippen MR) is 137 cm³/mol. The zero-order valence-electron chi connectivity index (χ0n) is 19.1. The first-order valence-electron chi connectivity index (χ1n) is 10.7. The van der Waals surface area contributed by atoms with Crippen molar-refractivity contribution in [1.29, 1.82) is 0 Å². The Morgan fingerprint density at radius 2 is 1.71 bits per heavy atom. The van der Waals surface area contributed by atoms with Gasteiger partial charge in [-0.05, 0) is 61.8 Å². The second-order valence-electron chi connectivity index (χ2n) is 7.57. The van der Waals surface area contributed by atoms with Crippen LogP contribution < -0.4 is 20.7 Å². The average molecular weight is 479 g/mol. The van der Waals surface area contributed by atoms with Crippen LogP contribution in [0, 0.1) is 24.0 Å². The first-order chi connectivity index (χ1) is 16.3. The number of nitro groups is 1. The molecule has 1 atom stereocenters. The van der Waals surface area contributed by atoms with Crippen LogP contribution in [0.4, 0.5) is 17.1 Å². The molecule has 0 saturated heterocycles. The number of amides is 1. The number of rotatable bonds is 8. The van der Waals surface area contributed by atoms with Gasteiger partial charge in [0.2, 0.25) is 0 Å². The monoisotopic (exact) mass is 478 g/mol. The van der Waals surface area contributed by atoms with Crippen LogP contribution in [0.25, 0.3) is 0 Å². The SMILES string of the molecule is CCOc1ccc(NC(=S)NC(C(=O)Nc2c(C)cccc2C)c2ccccc2)c([N+](=O)[O-])c1. The molecule has 9 heteroatoms. The second kappa shape index (κ2) is 11.2. The lowest BCUT2D eigenvalue weighted by molar-refractivity contribution is -0.384. The van der Waals surface area contributed by atoms with Gasteiger partial charge in [-0.25, -0.2) is 0 Å². The molecule has 0 spiro atoms. The van der Waals surface area contributed by atoms with E-state index >= 15 is 0 Å². The highest BCUT2D eigenvalue weighted by atomic mass is 32.1. The molecule has 3 aromatic carbocycles. The molecule has 0 bridgehead atoms. The highest BCUT2D eigenvalue weighted by Gasteiger charge is 2.24. The van der Waals surface area contributed by atoms with Crippen LogP contribution in [0.5, 0.6) is 5.75 Å². The number of nitrogens with one attached hydrogen (secondary N) is 3. The van der Waals surface area contributed by atoms with E-state index in [1.54, 1.807) is 13.0 Å². The maximum absolute atomic E-state index is 13.3. The van der Waals surface area contributed by atoms with Crippen LogP contribution in [-0.2, 0) is 4.79 Å². The zero-order valence-corrected chi connectivity index (χ0v) is 19.9. The van der Waals surface area contributed by atoms with Crippen molar-refractivity contribution in [3.05, 3.63) is 93.5 Å². The van der Waals surface area contributed by atoms with E-state index in [-0.39, 0.29) is 22.4 Å². The van der Waals surface area contributed by atoms with Gasteiger partial charge in [-0.2, -0.15) is 0 Å². The minimum absolute atomic E-state index is 0.0674. The number of anilines is 2. The van der Waals surface area contributed by atoms with Crippen molar-refractivity contribution in [2.75, 3.05) is 17.2 Å². The van der Waals surface area contributed by atoms with Crippen LogP contribution >= 0.6 is 12.2 Å². The van der Waals surface area contributed by atoms with Gasteiger partial charge in [0.1, 0.15) is 17.5 Å². The second-order valence-corrected chi connectivity index (χ2v) is 7.98. The number of carbonyl (C=O) groups excluding carboxylic acids is 1. The normalized spacial score (nSPS) is 11.3. The highest BCUT2D eigenvalue weighted by Crippen LogP contribution is 2.29. The number of ether oxygens (including phenoxy) is 1. The van der Waals surface area contributed by atoms with Crippen molar-refractivity contribution in [2.24, 2.45) is 0 Å². The lowest BCUT2D eigenvalue weighted by Gasteiger charge is -2.22. The van der Waals surface area contributed by atoms with Crippen molar-refractivity contribution < 1.29 is 14.5 Å². The molecule has 0 radical (unpaired) electrons. The summed E-state index contributed by atoms with van der Waals surface area (Å²) in [5.74, 6) is 0.0720. The molecule has 0 aliphatic heterocycles. The number of benzene rings is 3. The summed E-state index contributed by atoms with van der Waals surface area (Å²) >= 11 is 5.42. The van der Waals surface area contributed by atoms with Gasteiger partial charge in [-0.15, -0.1) is 0 Å². The summed E-state index contributed by atoms with van der Waals surface area (Å²) in [6, 6.07) is 18.5. The standard InChI is InChI=1S/C25H26N4O4S/c1-4-33-19-13-14-20(21(15-19)29(31)32)26-25(34)28-23(18-11-6-5-7-12-18)24(30)27-22-16(2)9-8-10-17(22)3/h5-15,23H,4H2,1-3H3,(H,27,30)(H2,26,28,34). The van der Waals surface area contributed by atoms with Gasteiger partial charge in [0, 0.05) is 5.69 Å². The van der Waals surface area contributed by atoms with Crippen molar-refractivity contribution >= 4 is 40.3 Å². The molecule has 0 saturated carbocycles. The lowest BCUT2D eigenvalue weighted by Crippen LogP contribution is -2.39. The summed E-state index contributed by atoms with van der Waals surface area (Å²) in [6.45, 7) is 6.03. The predicted octanol–water partition coefficient (Wildman–Crippen LogP) is 5.28. The quantitative estimate of drug-likeness (QED) is 0.230. The molecule has 1 unspecified atom stereocenters. The Balaban J connectivity index is 1.84. The number of hydrogen-bond donors (Lipinski definition) is 3. The Labute approximate surface area is 203 Å². The summed E-state index contributed by atoms with van der Waals surface area (Å²) in [5, 5.41) is 20.5. The third-order valence-electron chi connectivity index (χ3n) is 5.12. The summed E-state index contributed by atoms with van der Waals surface area (Å²) in [5.41, 5.74) is 3.30. The molecule has 0 aliphatic rings. The number of para-hydroxylation sites is 1. The maximum atomic E-state index is 13.3. The van der Waals surface area contributed by atoms with Gasteiger partial charge >= 0.3 is 0 Å². The minimum Gasteiger partial charge on any atom is -0.494 e. The largest absolute Gasteiger partial charge is 0.494 e. The van der Waals surface area contributed by atoms with E-state index in [1.165, 1.54) is 12.1 Å². The molecular formula is C25H26N4O4S. The van der Waals surface area contributed by atoms with E-state index in [0.717, 1.165) is 16.8 Å². The lowest BCUT2D eigenvalue weighted by atomic mass is 10.0. The first-order valence-corrected chi connectivity index (χ1v) is 11.1. The molecule has 8 nitrogen and oxygen atoms in total. The summed E-state index contributed by atoms with van der Waals surface area (Å²) in [7, 11) is 0. The fourth-order valence-electron chi connectivity index (χ4n) is 3.47. The van der Waals surface area contributed by atoms with Crippen molar-refractivity contribution in [3.8, 4) is 5.75 Å². The van der Waals surface area contributed by atoms with E-state index in [2.05, 4.69) is 16.0 Å². The Morgan fingerprint density at radius 1 is 1.03 bits per heavy atom.